The van der Waals surface area contributed by atoms with Gasteiger partial charge in [0.25, 0.3) is 0 Å². The standard InChI is InChI=1S/C21H32N2O2Si/c1-15(2)26(16(3)4,17(5)6)23-14-12-19-18(11-13-22-21(19)23)9-8-10-20(24)25-7/h8,10-17H,9H2,1-7H3/b10-8+. The van der Waals surface area contributed by atoms with Gasteiger partial charge in [-0.25, -0.2) is 9.78 Å². The molecule has 142 valence electrons. The first-order valence-electron chi connectivity index (χ1n) is 9.46. The maximum Gasteiger partial charge on any atom is 0.330 e. The summed E-state index contributed by atoms with van der Waals surface area (Å²) < 4.78 is 7.19. The van der Waals surface area contributed by atoms with E-state index in [1.807, 2.05) is 18.3 Å². The number of nitrogens with zero attached hydrogens (tertiary/aromatic N) is 2. The molecule has 2 heterocycles. The van der Waals surface area contributed by atoms with E-state index in [-0.39, 0.29) is 5.97 Å². The highest BCUT2D eigenvalue weighted by Gasteiger charge is 2.45. The Morgan fingerprint density at radius 1 is 1.15 bits per heavy atom. The lowest BCUT2D eigenvalue weighted by Gasteiger charge is -2.44. The van der Waals surface area contributed by atoms with E-state index in [9.17, 15) is 4.79 Å². The van der Waals surface area contributed by atoms with Gasteiger partial charge in [0.05, 0.1) is 7.11 Å². The summed E-state index contributed by atoms with van der Waals surface area (Å²) in [6.07, 6.45) is 8.17. The van der Waals surface area contributed by atoms with Gasteiger partial charge in [-0.3, -0.25) is 0 Å². The molecule has 0 saturated carbocycles. The molecule has 0 spiro atoms. The lowest BCUT2D eigenvalue weighted by Crippen LogP contribution is -2.51. The number of hydrogen-bond acceptors (Lipinski definition) is 3. The Bertz CT molecular complexity index is 769. The summed E-state index contributed by atoms with van der Waals surface area (Å²) in [7, 11) is -0.437. The third-order valence-electron chi connectivity index (χ3n) is 5.66. The van der Waals surface area contributed by atoms with E-state index in [2.05, 4.69) is 62.8 Å². The number of allylic oxidation sites excluding steroid dienone is 1. The van der Waals surface area contributed by atoms with Gasteiger partial charge in [-0.15, -0.1) is 0 Å². The van der Waals surface area contributed by atoms with Crippen molar-refractivity contribution in [3.8, 4) is 0 Å². The Morgan fingerprint density at radius 3 is 2.31 bits per heavy atom. The van der Waals surface area contributed by atoms with Crippen molar-refractivity contribution in [1.82, 2.24) is 9.22 Å². The third kappa shape index (κ3) is 3.50. The zero-order chi connectivity index (χ0) is 19.5. The topological polar surface area (TPSA) is 44.1 Å². The third-order valence-corrected chi connectivity index (χ3v) is 12.4. The van der Waals surface area contributed by atoms with E-state index in [0.29, 0.717) is 23.0 Å². The average molecular weight is 373 g/mol. The van der Waals surface area contributed by atoms with Gasteiger partial charge < -0.3 is 8.97 Å². The van der Waals surface area contributed by atoms with Crippen molar-refractivity contribution in [2.24, 2.45) is 0 Å². The lowest BCUT2D eigenvalue weighted by molar-refractivity contribution is -0.134. The molecule has 2 aromatic rings. The predicted molar refractivity (Wildman–Crippen MR) is 111 cm³/mol. The zero-order valence-corrected chi connectivity index (χ0v) is 18.1. The van der Waals surface area contributed by atoms with Gasteiger partial charge in [0.2, 0.25) is 0 Å². The first-order valence-corrected chi connectivity index (χ1v) is 11.6. The van der Waals surface area contributed by atoms with Crippen LogP contribution in [0.2, 0.25) is 16.6 Å². The van der Waals surface area contributed by atoms with E-state index in [4.69, 9.17) is 4.98 Å². The number of rotatable bonds is 7. The molecule has 0 aliphatic rings. The van der Waals surface area contributed by atoms with Crippen molar-refractivity contribution in [2.75, 3.05) is 7.11 Å². The van der Waals surface area contributed by atoms with E-state index in [1.54, 1.807) is 0 Å². The largest absolute Gasteiger partial charge is 0.466 e. The van der Waals surface area contributed by atoms with E-state index in [0.717, 1.165) is 5.65 Å². The Morgan fingerprint density at radius 2 is 1.77 bits per heavy atom. The number of pyridine rings is 1. The van der Waals surface area contributed by atoms with E-state index >= 15 is 0 Å². The molecule has 26 heavy (non-hydrogen) atoms. The first kappa shape index (κ1) is 20.4. The molecule has 0 saturated heterocycles. The first-order chi connectivity index (χ1) is 12.3. The lowest BCUT2D eigenvalue weighted by atomic mass is 10.1. The number of aromatic nitrogens is 2. The van der Waals surface area contributed by atoms with Crippen molar-refractivity contribution in [3.63, 3.8) is 0 Å². The van der Waals surface area contributed by atoms with Crippen LogP contribution >= 0.6 is 0 Å². The quantitative estimate of drug-likeness (QED) is 0.375. The summed E-state index contributed by atoms with van der Waals surface area (Å²) in [5.74, 6) is -0.321. The maximum atomic E-state index is 11.3. The van der Waals surface area contributed by atoms with Gasteiger partial charge in [-0.2, -0.15) is 0 Å². The molecule has 0 aromatic carbocycles. The summed E-state index contributed by atoms with van der Waals surface area (Å²) in [5.41, 5.74) is 4.11. The molecule has 2 aromatic heterocycles. The SMILES string of the molecule is COC(=O)/C=C/Cc1ccnc2c1ccn2[Si](C(C)C)(C(C)C)C(C)C. The Balaban J connectivity index is 2.56. The van der Waals surface area contributed by atoms with Crippen LogP contribution in [0.4, 0.5) is 0 Å². The predicted octanol–water partition coefficient (Wildman–Crippen LogP) is 5.33. The molecular formula is C21H32N2O2Si. The van der Waals surface area contributed by atoms with Crippen molar-refractivity contribution in [2.45, 2.75) is 64.6 Å². The number of hydrogen-bond donors (Lipinski definition) is 0. The highest BCUT2D eigenvalue weighted by molar-refractivity contribution is 6.82. The molecule has 0 unspecified atom stereocenters. The van der Waals surface area contributed by atoms with Crippen LogP contribution in [0.3, 0.4) is 0 Å². The van der Waals surface area contributed by atoms with Gasteiger partial charge in [0.1, 0.15) is 5.65 Å². The number of esters is 1. The van der Waals surface area contributed by atoms with Crippen LogP contribution in [-0.4, -0.2) is 30.5 Å². The fourth-order valence-corrected chi connectivity index (χ4v) is 11.3. The number of carbonyl (C=O) groups excluding carboxylic acids is 1. The smallest absolute Gasteiger partial charge is 0.330 e. The second kappa shape index (κ2) is 8.21. The Labute approximate surface area is 158 Å². The summed E-state index contributed by atoms with van der Waals surface area (Å²) in [4.78, 5) is 16.1. The zero-order valence-electron chi connectivity index (χ0n) is 17.1. The van der Waals surface area contributed by atoms with Gasteiger partial charge in [0, 0.05) is 17.7 Å². The summed E-state index contributed by atoms with van der Waals surface area (Å²) >= 11 is 0. The molecule has 0 radical (unpaired) electrons. The van der Waals surface area contributed by atoms with Crippen LogP contribution in [-0.2, 0) is 16.0 Å². The molecule has 5 heteroatoms. The number of methoxy groups -OCH3 is 1. The van der Waals surface area contributed by atoms with Gasteiger partial charge in [-0.1, -0.05) is 47.6 Å². The monoisotopic (exact) mass is 372 g/mol. The van der Waals surface area contributed by atoms with Crippen molar-refractivity contribution >= 4 is 25.2 Å². The maximum absolute atomic E-state index is 11.3. The normalized spacial score (nSPS) is 12.8. The summed E-state index contributed by atoms with van der Waals surface area (Å²) in [6, 6.07) is 4.23. The molecule has 0 bridgehead atoms. The number of carbonyl (C=O) groups is 1. The second-order valence-electron chi connectivity index (χ2n) is 7.87. The minimum absolute atomic E-state index is 0.321. The van der Waals surface area contributed by atoms with Crippen LogP contribution in [0.5, 0.6) is 0 Å². The van der Waals surface area contributed by atoms with Crippen LogP contribution in [0.25, 0.3) is 11.0 Å². The number of ether oxygens (including phenoxy) is 1. The Hall–Kier alpha value is -1.88. The van der Waals surface area contributed by atoms with Crippen LogP contribution in [0, 0.1) is 0 Å². The molecule has 0 N–H and O–H groups in total. The highest BCUT2D eigenvalue weighted by atomic mass is 28.3. The van der Waals surface area contributed by atoms with Gasteiger partial charge in [0.15, 0.2) is 8.24 Å². The molecule has 0 aliphatic heterocycles. The average Bonchev–Trinajstić information content (AvgIpc) is 2.99. The molecule has 0 aliphatic carbocycles. The fourth-order valence-electron chi connectivity index (χ4n) is 4.77. The van der Waals surface area contributed by atoms with Crippen LogP contribution < -0.4 is 0 Å². The molecule has 0 atom stereocenters. The number of fused-ring (bicyclic) bond motifs is 1. The fraction of sp³-hybridized carbons (Fsp3) is 0.524. The Kier molecular flexibility index (Phi) is 6.45. The summed E-state index contributed by atoms with van der Waals surface area (Å²) in [6.45, 7) is 14.2. The van der Waals surface area contributed by atoms with Gasteiger partial charge in [-0.05, 0) is 46.9 Å². The molecule has 0 fully saturated rings. The molecule has 4 nitrogen and oxygen atoms in total. The molecular weight excluding hydrogens is 340 g/mol. The second-order valence-corrected chi connectivity index (χ2v) is 13.6. The van der Waals surface area contributed by atoms with E-state index < -0.39 is 8.24 Å². The minimum atomic E-state index is -1.83. The van der Waals surface area contributed by atoms with Crippen molar-refractivity contribution in [3.05, 3.63) is 42.2 Å². The van der Waals surface area contributed by atoms with Crippen molar-refractivity contribution in [1.29, 1.82) is 0 Å². The molecule has 2 rings (SSSR count). The molecule has 0 amide bonds. The van der Waals surface area contributed by atoms with Crippen molar-refractivity contribution < 1.29 is 9.53 Å². The summed E-state index contributed by atoms with van der Waals surface area (Å²) in [5, 5.41) is 1.18. The van der Waals surface area contributed by atoms with E-state index in [1.165, 1.54) is 24.1 Å². The van der Waals surface area contributed by atoms with Gasteiger partial charge >= 0.3 is 5.97 Å². The van der Waals surface area contributed by atoms with Crippen LogP contribution in [0.1, 0.15) is 47.1 Å². The highest BCUT2D eigenvalue weighted by Crippen LogP contribution is 2.44. The van der Waals surface area contributed by atoms with Crippen LogP contribution in [0.15, 0.2) is 36.7 Å². The minimum Gasteiger partial charge on any atom is -0.466 e.